The molecule has 3 atom stereocenters. The van der Waals surface area contributed by atoms with Gasteiger partial charge in [-0.05, 0) is 0 Å². The molecule has 2 aliphatic carbocycles. The number of esters is 1. The van der Waals surface area contributed by atoms with Gasteiger partial charge in [0.15, 0.2) is 0 Å². The number of hydrogen-bond acceptors (Lipinski definition) is 3. The molecule has 0 saturated heterocycles. The number of carbonyl (C=O) groups excluding carboxylic acids is 1. The molecule has 3 nitrogen and oxygen atoms in total. The van der Waals surface area contributed by atoms with Crippen molar-refractivity contribution in [3.05, 3.63) is 9.70 Å². The van der Waals surface area contributed by atoms with Crippen molar-refractivity contribution in [2.24, 2.45) is 16.7 Å². The zero-order valence-corrected chi connectivity index (χ0v) is 16.0. The number of hydrogen-bond donors (Lipinski definition) is 1. The average Bonchev–Trinajstić information content (AvgIpc) is 2.79. The van der Waals surface area contributed by atoms with Crippen molar-refractivity contribution in [2.45, 2.75) is 63.4 Å². The molecule has 21 heavy (non-hydrogen) atoms. The maximum absolute atomic E-state index is 11.5. The summed E-state index contributed by atoms with van der Waals surface area (Å²) in [6, 6.07) is 0. The first-order valence-electron chi connectivity index (χ1n) is 7.96. The van der Waals surface area contributed by atoms with E-state index in [-0.39, 0.29) is 22.9 Å². The minimum absolute atomic E-state index is 0.100. The van der Waals surface area contributed by atoms with Crippen molar-refractivity contribution in [2.75, 3.05) is 7.11 Å². The van der Waals surface area contributed by atoms with Gasteiger partial charge in [-0.25, -0.2) is 0 Å². The first kappa shape index (κ1) is 17.3. The molecule has 0 spiro atoms. The first-order chi connectivity index (χ1) is 9.87. The molecule has 0 radical (unpaired) electrons. The van der Waals surface area contributed by atoms with E-state index in [4.69, 9.17) is 4.74 Å². The number of methoxy groups -OCH3 is 1. The van der Waals surface area contributed by atoms with Gasteiger partial charge in [0.05, 0.1) is 0 Å². The SMILES string of the molecule is CCC/C(=C/C(=O)OC)[Te]CC12CCC(CC1O)C2(C)C. The summed E-state index contributed by atoms with van der Waals surface area (Å²) < 4.78 is 7.19. The Morgan fingerprint density at radius 2 is 2.19 bits per heavy atom. The third-order valence-electron chi connectivity index (χ3n) is 5.88. The van der Waals surface area contributed by atoms with Crippen LogP contribution in [0.15, 0.2) is 9.70 Å². The van der Waals surface area contributed by atoms with Crippen LogP contribution in [0.25, 0.3) is 0 Å². The van der Waals surface area contributed by atoms with Crippen molar-refractivity contribution >= 4 is 26.9 Å². The Balaban J connectivity index is 2.10. The van der Waals surface area contributed by atoms with E-state index in [0.717, 1.165) is 30.2 Å². The summed E-state index contributed by atoms with van der Waals surface area (Å²) in [5.41, 5.74) is 0.350. The number of fused-ring (bicyclic) bond motifs is 2. The Labute approximate surface area is 138 Å². The van der Waals surface area contributed by atoms with E-state index in [2.05, 4.69) is 20.8 Å². The normalized spacial score (nSPS) is 34.2. The molecule has 3 unspecified atom stereocenters. The molecule has 0 aromatic carbocycles. The number of allylic oxidation sites excluding steroid dienone is 1. The fourth-order valence-corrected chi connectivity index (χ4v) is 9.02. The molecule has 0 heterocycles. The fraction of sp³-hybridized carbons (Fsp3) is 0.824. The monoisotopic (exact) mass is 410 g/mol. The van der Waals surface area contributed by atoms with E-state index in [9.17, 15) is 9.90 Å². The third-order valence-corrected chi connectivity index (χ3v) is 9.74. The van der Waals surface area contributed by atoms with Gasteiger partial charge in [-0.1, -0.05) is 0 Å². The summed E-state index contributed by atoms with van der Waals surface area (Å²) in [4.78, 5) is 11.5. The predicted octanol–water partition coefficient (Wildman–Crippen LogP) is 3.15. The van der Waals surface area contributed by atoms with Crippen LogP contribution in [-0.2, 0) is 9.53 Å². The maximum atomic E-state index is 11.5. The number of rotatable bonds is 6. The second kappa shape index (κ2) is 6.60. The van der Waals surface area contributed by atoms with Crippen molar-refractivity contribution in [1.29, 1.82) is 0 Å². The third kappa shape index (κ3) is 3.05. The molecular formula is C17H28O3Te. The number of carbonyl (C=O) groups is 1. The van der Waals surface area contributed by atoms with Crippen LogP contribution in [0.3, 0.4) is 0 Å². The van der Waals surface area contributed by atoms with Crippen LogP contribution in [0.2, 0.25) is 4.47 Å². The Morgan fingerprint density at radius 3 is 2.67 bits per heavy atom. The van der Waals surface area contributed by atoms with E-state index < -0.39 is 20.9 Å². The van der Waals surface area contributed by atoms with E-state index in [1.54, 1.807) is 6.08 Å². The molecule has 2 fully saturated rings. The standard InChI is InChI=1S/C17H28O3Te/c1-5-6-13(10-15(19)20-4)21-11-17-8-7-12(9-14(17)18)16(17,2)3/h10,12,14,18H,5-9,11H2,1-4H3/b13-10-. The molecule has 1 N–H and O–H groups in total. The summed E-state index contributed by atoms with van der Waals surface area (Å²) in [6.07, 6.45) is 7.03. The van der Waals surface area contributed by atoms with Gasteiger partial charge < -0.3 is 0 Å². The average molecular weight is 408 g/mol. The number of ether oxygens (including phenoxy) is 1. The number of aliphatic hydroxyl groups is 1. The molecule has 0 aliphatic heterocycles. The Hall–Kier alpha value is -0.0404. The van der Waals surface area contributed by atoms with Crippen molar-refractivity contribution in [3.63, 3.8) is 0 Å². The molecule has 2 rings (SSSR count). The quantitative estimate of drug-likeness (QED) is 0.418. The van der Waals surface area contributed by atoms with Crippen molar-refractivity contribution in [1.82, 2.24) is 0 Å². The van der Waals surface area contributed by atoms with Gasteiger partial charge >= 0.3 is 139 Å². The zero-order chi connectivity index (χ0) is 15.7. The Morgan fingerprint density at radius 1 is 1.48 bits per heavy atom. The summed E-state index contributed by atoms with van der Waals surface area (Å²) in [6.45, 7) is 6.84. The molecule has 0 amide bonds. The Bertz CT molecular complexity index is 430. The van der Waals surface area contributed by atoms with Crippen LogP contribution in [-0.4, -0.2) is 45.2 Å². The van der Waals surface area contributed by atoms with Gasteiger partial charge in [0.2, 0.25) is 0 Å². The van der Waals surface area contributed by atoms with Gasteiger partial charge in [0.1, 0.15) is 0 Å². The van der Waals surface area contributed by atoms with Crippen LogP contribution in [0.1, 0.15) is 52.9 Å². The second-order valence-electron chi connectivity index (χ2n) is 7.04. The molecule has 120 valence electrons. The number of aliphatic hydroxyl groups excluding tert-OH is 1. The minimum atomic E-state index is -0.419. The molecule has 2 bridgehead atoms. The van der Waals surface area contributed by atoms with Crippen LogP contribution >= 0.6 is 0 Å². The fourth-order valence-electron chi connectivity index (χ4n) is 4.22. The topological polar surface area (TPSA) is 46.5 Å². The zero-order valence-electron chi connectivity index (χ0n) is 13.6. The first-order valence-corrected chi connectivity index (χ1v) is 10.8. The van der Waals surface area contributed by atoms with Crippen LogP contribution in [0.5, 0.6) is 0 Å². The van der Waals surface area contributed by atoms with Crippen molar-refractivity contribution in [3.8, 4) is 0 Å². The molecule has 0 aromatic rings. The second-order valence-corrected chi connectivity index (χ2v) is 10.2. The Kier molecular flexibility index (Phi) is 5.45. The molecule has 2 aliphatic rings. The van der Waals surface area contributed by atoms with E-state index in [1.165, 1.54) is 17.2 Å². The predicted molar refractivity (Wildman–Crippen MR) is 85.1 cm³/mol. The molecule has 0 aromatic heterocycles. The molecular weight excluding hydrogens is 380 g/mol. The van der Waals surface area contributed by atoms with Gasteiger partial charge in [-0.15, -0.1) is 0 Å². The van der Waals surface area contributed by atoms with Crippen LogP contribution in [0, 0.1) is 16.7 Å². The molecule has 2 saturated carbocycles. The van der Waals surface area contributed by atoms with Crippen LogP contribution in [0.4, 0.5) is 0 Å². The summed E-state index contributed by atoms with van der Waals surface area (Å²) in [5.74, 6) is 0.454. The van der Waals surface area contributed by atoms with E-state index >= 15 is 0 Å². The summed E-state index contributed by atoms with van der Waals surface area (Å²) in [7, 11) is 1.44. The van der Waals surface area contributed by atoms with Crippen LogP contribution < -0.4 is 0 Å². The van der Waals surface area contributed by atoms with E-state index in [0.29, 0.717) is 5.92 Å². The van der Waals surface area contributed by atoms with Gasteiger partial charge in [-0.3, -0.25) is 0 Å². The molecule has 4 heteroatoms. The van der Waals surface area contributed by atoms with Gasteiger partial charge in [-0.2, -0.15) is 0 Å². The summed E-state index contributed by atoms with van der Waals surface area (Å²) in [5, 5.41) is 10.6. The van der Waals surface area contributed by atoms with Gasteiger partial charge in [0, 0.05) is 0 Å². The summed E-state index contributed by atoms with van der Waals surface area (Å²) >= 11 is -0.419. The van der Waals surface area contributed by atoms with Crippen molar-refractivity contribution < 1.29 is 14.6 Å². The van der Waals surface area contributed by atoms with Gasteiger partial charge in [0.25, 0.3) is 0 Å². The van der Waals surface area contributed by atoms with E-state index in [1.807, 2.05) is 0 Å².